The van der Waals surface area contributed by atoms with E-state index >= 15 is 0 Å². The first-order valence-electron chi connectivity index (χ1n) is 4.54. The minimum absolute atomic E-state index is 0.659. The average molecular weight is 164 g/mol. The second-order valence-electron chi connectivity index (χ2n) is 3.47. The fourth-order valence-electron chi connectivity index (χ4n) is 1.10. The summed E-state index contributed by atoms with van der Waals surface area (Å²) in [6.45, 7) is 6.47. The summed E-state index contributed by atoms with van der Waals surface area (Å²) in [4.78, 5) is 0. The van der Waals surface area contributed by atoms with Gasteiger partial charge >= 0.3 is 0 Å². The Morgan fingerprint density at radius 2 is 1.75 bits per heavy atom. The standard InChI is InChI=1S/C10H16N2/c1-4-9-5-6-10(12-11-9)7-8(2)3/h5-6,8H,4,7H2,1-3H3. The molecule has 66 valence electrons. The number of hydrogen-bond acceptors (Lipinski definition) is 2. The lowest BCUT2D eigenvalue weighted by Gasteiger charge is -2.02. The number of aromatic nitrogens is 2. The highest BCUT2D eigenvalue weighted by atomic mass is 15.1. The molecular formula is C10H16N2. The molecule has 0 spiro atoms. The van der Waals surface area contributed by atoms with Crippen molar-refractivity contribution >= 4 is 0 Å². The Labute approximate surface area is 74.0 Å². The number of hydrogen-bond donors (Lipinski definition) is 0. The van der Waals surface area contributed by atoms with Crippen molar-refractivity contribution in [2.75, 3.05) is 0 Å². The SMILES string of the molecule is CCc1ccc(CC(C)C)nn1. The summed E-state index contributed by atoms with van der Waals surface area (Å²) in [5.74, 6) is 0.659. The van der Waals surface area contributed by atoms with Gasteiger partial charge in [-0.1, -0.05) is 20.8 Å². The second-order valence-corrected chi connectivity index (χ2v) is 3.47. The van der Waals surface area contributed by atoms with Crippen LogP contribution in [0.15, 0.2) is 12.1 Å². The van der Waals surface area contributed by atoms with E-state index < -0.39 is 0 Å². The zero-order valence-corrected chi connectivity index (χ0v) is 8.04. The molecule has 0 aliphatic heterocycles. The van der Waals surface area contributed by atoms with Gasteiger partial charge in [0.05, 0.1) is 11.4 Å². The van der Waals surface area contributed by atoms with Crippen molar-refractivity contribution in [2.45, 2.75) is 33.6 Å². The molecule has 0 aromatic carbocycles. The van der Waals surface area contributed by atoms with Crippen LogP contribution in [0.2, 0.25) is 0 Å². The molecule has 1 heterocycles. The molecule has 1 rings (SSSR count). The van der Waals surface area contributed by atoms with Gasteiger partial charge < -0.3 is 0 Å². The molecule has 0 atom stereocenters. The first-order valence-corrected chi connectivity index (χ1v) is 4.54. The maximum absolute atomic E-state index is 4.14. The lowest BCUT2D eigenvalue weighted by atomic mass is 10.1. The molecule has 1 aromatic rings. The van der Waals surface area contributed by atoms with Crippen LogP contribution in [0.1, 0.15) is 32.2 Å². The number of aryl methyl sites for hydroxylation is 1. The maximum atomic E-state index is 4.14. The normalized spacial score (nSPS) is 10.7. The van der Waals surface area contributed by atoms with Crippen LogP contribution in [0, 0.1) is 5.92 Å². The van der Waals surface area contributed by atoms with Crippen LogP contribution in [0.4, 0.5) is 0 Å². The zero-order valence-electron chi connectivity index (χ0n) is 8.04. The van der Waals surface area contributed by atoms with Gasteiger partial charge in [0.2, 0.25) is 0 Å². The van der Waals surface area contributed by atoms with E-state index in [2.05, 4.69) is 43.1 Å². The van der Waals surface area contributed by atoms with Gasteiger partial charge in [-0.15, -0.1) is 0 Å². The molecule has 0 fully saturated rings. The van der Waals surface area contributed by atoms with Crippen LogP contribution in [-0.4, -0.2) is 10.2 Å². The predicted molar refractivity (Wildman–Crippen MR) is 50.0 cm³/mol. The van der Waals surface area contributed by atoms with E-state index in [0.717, 1.165) is 24.2 Å². The summed E-state index contributed by atoms with van der Waals surface area (Å²) in [5.41, 5.74) is 2.17. The molecule has 0 unspecified atom stereocenters. The third-order valence-corrected chi connectivity index (χ3v) is 1.75. The average Bonchev–Trinajstić information content (AvgIpc) is 2.05. The van der Waals surface area contributed by atoms with Crippen LogP contribution in [0.3, 0.4) is 0 Å². The van der Waals surface area contributed by atoms with Crippen molar-refractivity contribution in [3.05, 3.63) is 23.5 Å². The summed E-state index contributed by atoms with van der Waals surface area (Å²) in [7, 11) is 0. The van der Waals surface area contributed by atoms with E-state index in [0.29, 0.717) is 5.92 Å². The van der Waals surface area contributed by atoms with Crippen LogP contribution in [0.5, 0.6) is 0 Å². The fourth-order valence-corrected chi connectivity index (χ4v) is 1.10. The van der Waals surface area contributed by atoms with Gasteiger partial charge in [0, 0.05) is 0 Å². The Bertz CT molecular complexity index is 226. The Kier molecular flexibility index (Phi) is 3.20. The van der Waals surface area contributed by atoms with E-state index in [-0.39, 0.29) is 0 Å². The van der Waals surface area contributed by atoms with Crippen molar-refractivity contribution in [3.63, 3.8) is 0 Å². The van der Waals surface area contributed by atoms with Gasteiger partial charge in [0.15, 0.2) is 0 Å². The van der Waals surface area contributed by atoms with E-state index in [9.17, 15) is 0 Å². The van der Waals surface area contributed by atoms with E-state index in [1.165, 1.54) is 0 Å². The lowest BCUT2D eigenvalue weighted by molar-refractivity contribution is 0.626. The van der Waals surface area contributed by atoms with Gasteiger partial charge in [0.1, 0.15) is 0 Å². The van der Waals surface area contributed by atoms with Gasteiger partial charge in [-0.3, -0.25) is 0 Å². The third-order valence-electron chi connectivity index (χ3n) is 1.75. The highest BCUT2D eigenvalue weighted by Gasteiger charge is 1.99. The lowest BCUT2D eigenvalue weighted by Crippen LogP contribution is -2.00. The Hall–Kier alpha value is -0.920. The summed E-state index contributed by atoms with van der Waals surface area (Å²) < 4.78 is 0. The van der Waals surface area contributed by atoms with Crippen LogP contribution in [-0.2, 0) is 12.8 Å². The number of nitrogens with zero attached hydrogens (tertiary/aromatic N) is 2. The van der Waals surface area contributed by atoms with E-state index in [4.69, 9.17) is 0 Å². The first-order chi connectivity index (χ1) is 5.72. The fraction of sp³-hybridized carbons (Fsp3) is 0.600. The molecule has 0 saturated heterocycles. The summed E-state index contributed by atoms with van der Waals surface area (Å²) >= 11 is 0. The Morgan fingerprint density at radius 3 is 2.17 bits per heavy atom. The molecule has 0 saturated carbocycles. The van der Waals surface area contributed by atoms with Gasteiger partial charge in [-0.25, -0.2) is 0 Å². The molecule has 0 N–H and O–H groups in total. The second kappa shape index (κ2) is 4.19. The largest absolute Gasteiger partial charge is 0.155 e. The quantitative estimate of drug-likeness (QED) is 0.684. The van der Waals surface area contributed by atoms with Gasteiger partial charge in [-0.05, 0) is 30.9 Å². The highest BCUT2D eigenvalue weighted by molar-refractivity contribution is 5.06. The van der Waals surface area contributed by atoms with E-state index in [1.54, 1.807) is 0 Å². The van der Waals surface area contributed by atoms with Crippen molar-refractivity contribution in [2.24, 2.45) is 5.92 Å². The smallest absolute Gasteiger partial charge is 0.0633 e. The van der Waals surface area contributed by atoms with Crippen LogP contribution in [0.25, 0.3) is 0 Å². The summed E-state index contributed by atoms with van der Waals surface area (Å²) in [5, 5.41) is 8.24. The Morgan fingerprint density at radius 1 is 1.17 bits per heavy atom. The van der Waals surface area contributed by atoms with Crippen molar-refractivity contribution in [1.29, 1.82) is 0 Å². The zero-order chi connectivity index (χ0) is 8.97. The summed E-state index contributed by atoms with van der Waals surface area (Å²) in [6, 6.07) is 4.14. The van der Waals surface area contributed by atoms with Crippen molar-refractivity contribution in [1.82, 2.24) is 10.2 Å². The van der Waals surface area contributed by atoms with Gasteiger partial charge in [-0.2, -0.15) is 10.2 Å². The molecule has 1 aromatic heterocycles. The highest BCUT2D eigenvalue weighted by Crippen LogP contribution is 2.04. The molecule has 0 bridgehead atoms. The van der Waals surface area contributed by atoms with Crippen molar-refractivity contribution < 1.29 is 0 Å². The summed E-state index contributed by atoms with van der Waals surface area (Å²) in [6.07, 6.45) is 1.99. The minimum Gasteiger partial charge on any atom is -0.155 e. The van der Waals surface area contributed by atoms with E-state index in [1.807, 2.05) is 0 Å². The van der Waals surface area contributed by atoms with Crippen molar-refractivity contribution in [3.8, 4) is 0 Å². The van der Waals surface area contributed by atoms with Gasteiger partial charge in [0.25, 0.3) is 0 Å². The predicted octanol–water partition coefficient (Wildman–Crippen LogP) is 2.24. The van der Waals surface area contributed by atoms with Crippen LogP contribution < -0.4 is 0 Å². The molecule has 2 nitrogen and oxygen atoms in total. The molecular weight excluding hydrogens is 148 g/mol. The molecule has 2 heteroatoms. The third kappa shape index (κ3) is 2.61. The number of rotatable bonds is 3. The minimum atomic E-state index is 0.659. The monoisotopic (exact) mass is 164 g/mol. The Balaban J connectivity index is 2.65. The molecule has 0 aliphatic carbocycles. The maximum Gasteiger partial charge on any atom is 0.0633 e. The molecule has 0 radical (unpaired) electrons. The molecule has 0 aliphatic rings. The van der Waals surface area contributed by atoms with Crippen LogP contribution >= 0.6 is 0 Å². The topological polar surface area (TPSA) is 25.8 Å². The first kappa shape index (κ1) is 9.17. The molecule has 12 heavy (non-hydrogen) atoms. The molecule has 0 amide bonds.